The lowest BCUT2D eigenvalue weighted by molar-refractivity contribution is -0.128. The van der Waals surface area contributed by atoms with Crippen LogP contribution in [0.5, 0.6) is 0 Å². The maximum atomic E-state index is 13.0. The van der Waals surface area contributed by atoms with Gasteiger partial charge in [0.05, 0.1) is 6.54 Å². The van der Waals surface area contributed by atoms with E-state index in [4.69, 9.17) is 0 Å². The predicted molar refractivity (Wildman–Crippen MR) is 71.8 cm³/mol. The fourth-order valence-corrected chi connectivity index (χ4v) is 1.54. The number of nitrogens with zero attached hydrogens (tertiary/aromatic N) is 1. The maximum absolute atomic E-state index is 13.0. The molecule has 1 rings (SSSR count). The van der Waals surface area contributed by atoms with Crippen LogP contribution in [-0.2, 0) is 4.79 Å². The van der Waals surface area contributed by atoms with Crippen molar-refractivity contribution in [3.8, 4) is 0 Å². The minimum atomic E-state index is -0.691. The van der Waals surface area contributed by atoms with Gasteiger partial charge in [0.25, 0.3) is 0 Å². The zero-order chi connectivity index (χ0) is 14.3. The van der Waals surface area contributed by atoms with Gasteiger partial charge in [-0.15, -0.1) is 13.2 Å². The van der Waals surface area contributed by atoms with Crippen LogP contribution in [0.4, 0.5) is 14.5 Å². The Morgan fingerprint density at radius 3 is 2.16 bits per heavy atom. The van der Waals surface area contributed by atoms with Gasteiger partial charge in [0.15, 0.2) is 0 Å². The summed E-state index contributed by atoms with van der Waals surface area (Å²) in [4.78, 5) is 13.4. The fourth-order valence-electron chi connectivity index (χ4n) is 1.54. The lowest BCUT2D eigenvalue weighted by Gasteiger charge is -2.19. The third-order valence-electron chi connectivity index (χ3n) is 2.36. The second-order valence-electron chi connectivity index (χ2n) is 3.89. The average Bonchev–Trinajstić information content (AvgIpc) is 2.34. The molecule has 19 heavy (non-hydrogen) atoms. The smallest absolute Gasteiger partial charge is 0.242 e. The minimum absolute atomic E-state index is 0.0510. The number of amides is 1. The highest BCUT2D eigenvalue weighted by Crippen LogP contribution is 2.12. The minimum Gasteiger partial charge on any atom is -0.376 e. The van der Waals surface area contributed by atoms with Crippen LogP contribution in [0.2, 0.25) is 0 Å². The molecule has 1 N–H and O–H groups in total. The highest BCUT2D eigenvalue weighted by Gasteiger charge is 2.10. The molecule has 0 spiro atoms. The van der Waals surface area contributed by atoms with Crippen molar-refractivity contribution >= 4 is 11.6 Å². The summed E-state index contributed by atoms with van der Waals surface area (Å²) in [6, 6.07) is 3.03. The van der Waals surface area contributed by atoms with Crippen LogP contribution < -0.4 is 5.32 Å². The maximum Gasteiger partial charge on any atom is 0.242 e. The first-order chi connectivity index (χ1) is 9.06. The van der Waals surface area contributed by atoms with Gasteiger partial charge in [-0.2, -0.15) is 0 Å². The van der Waals surface area contributed by atoms with Gasteiger partial charge < -0.3 is 10.2 Å². The molecular formula is C14H16F2N2O. The molecule has 1 aromatic carbocycles. The quantitative estimate of drug-likeness (QED) is 0.769. The number of nitrogens with one attached hydrogen (secondary N) is 1. The molecule has 0 aromatic heterocycles. The first-order valence-electron chi connectivity index (χ1n) is 5.76. The van der Waals surface area contributed by atoms with E-state index in [1.54, 1.807) is 12.2 Å². The van der Waals surface area contributed by atoms with Crippen molar-refractivity contribution in [2.75, 3.05) is 25.0 Å². The molecule has 0 aliphatic heterocycles. The Kier molecular flexibility index (Phi) is 5.73. The number of benzene rings is 1. The molecule has 0 bridgehead atoms. The molecule has 0 aliphatic rings. The third kappa shape index (κ3) is 4.91. The zero-order valence-corrected chi connectivity index (χ0v) is 10.5. The Labute approximate surface area is 111 Å². The van der Waals surface area contributed by atoms with Crippen LogP contribution in [0.1, 0.15) is 0 Å². The number of carbonyl (C=O) groups excluding carboxylic acids is 1. The van der Waals surface area contributed by atoms with Gasteiger partial charge in [0.1, 0.15) is 11.6 Å². The van der Waals surface area contributed by atoms with Gasteiger partial charge in [-0.05, 0) is 12.1 Å². The van der Waals surface area contributed by atoms with Gasteiger partial charge in [-0.25, -0.2) is 8.78 Å². The standard InChI is InChI=1S/C14H16F2N2O/c1-3-5-18(6-4-2)14(19)10-17-13-8-11(15)7-12(16)9-13/h3-4,7-9,17H,1-2,5-6,10H2. The van der Waals surface area contributed by atoms with E-state index in [9.17, 15) is 13.6 Å². The molecule has 5 heteroatoms. The van der Waals surface area contributed by atoms with Crippen molar-refractivity contribution in [2.24, 2.45) is 0 Å². The fraction of sp³-hybridized carbons (Fsp3) is 0.214. The Bertz CT molecular complexity index is 444. The van der Waals surface area contributed by atoms with Crippen LogP contribution in [0.3, 0.4) is 0 Å². The second-order valence-corrected chi connectivity index (χ2v) is 3.89. The monoisotopic (exact) mass is 266 g/mol. The van der Waals surface area contributed by atoms with E-state index in [1.807, 2.05) is 0 Å². The highest BCUT2D eigenvalue weighted by molar-refractivity contribution is 5.81. The van der Waals surface area contributed by atoms with E-state index < -0.39 is 11.6 Å². The summed E-state index contributed by atoms with van der Waals surface area (Å²) >= 11 is 0. The van der Waals surface area contributed by atoms with Crippen molar-refractivity contribution < 1.29 is 13.6 Å². The zero-order valence-electron chi connectivity index (χ0n) is 10.5. The summed E-state index contributed by atoms with van der Waals surface area (Å²) in [5.74, 6) is -1.59. The van der Waals surface area contributed by atoms with E-state index in [2.05, 4.69) is 18.5 Å². The van der Waals surface area contributed by atoms with Crippen molar-refractivity contribution in [3.63, 3.8) is 0 Å². The summed E-state index contributed by atoms with van der Waals surface area (Å²) in [6.45, 7) is 7.85. The van der Waals surface area contributed by atoms with Crippen LogP contribution in [0, 0.1) is 11.6 Å². The lowest BCUT2D eigenvalue weighted by Crippen LogP contribution is -2.35. The van der Waals surface area contributed by atoms with Gasteiger partial charge in [-0.3, -0.25) is 4.79 Å². The number of rotatable bonds is 7. The molecule has 0 atom stereocenters. The summed E-state index contributed by atoms with van der Waals surface area (Å²) in [5.41, 5.74) is 0.225. The molecule has 0 heterocycles. The number of hydrogen-bond donors (Lipinski definition) is 1. The molecule has 0 aliphatic carbocycles. The Morgan fingerprint density at radius 1 is 1.16 bits per heavy atom. The summed E-state index contributed by atoms with van der Waals surface area (Å²) in [7, 11) is 0. The van der Waals surface area contributed by atoms with Crippen molar-refractivity contribution in [1.29, 1.82) is 0 Å². The van der Waals surface area contributed by atoms with E-state index in [1.165, 1.54) is 4.90 Å². The van der Waals surface area contributed by atoms with Gasteiger partial charge in [0.2, 0.25) is 5.91 Å². The second kappa shape index (κ2) is 7.31. The van der Waals surface area contributed by atoms with Crippen LogP contribution in [0.15, 0.2) is 43.5 Å². The summed E-state index contributed by atoms with van der Waals surface area (Å²) < 4.78 is 25.9. The van der Waals surface area contributed by atoms with E-state index in [-0.39, 0.29) is 18.1 Å². The molecule has 1 aromatic rings. The molecule has 0 saturated carbocycles. The molecule has 1 amide bonds. The number of halogens is 2. The molecule has 0 radical (unpaired) electrons. The van der Waals surface area contributed by atoms with E-state index in [0.29, 0.717) is 13.1 Å². The normalized spacial score (nSPS) is 9.79. The molecule has 102 valence electrons. The summed E-state index contributed by atoms with van der Waals surface area (Å²) in [5, 5.41) is 2.68. The van der Waals surface area contributed by atoms with Crippen molar-refractivity contribution in [2.45, 2.75) is 0 Å². The Balaban J connectivity index is 2.61. The van der Waals surface area contributed by atoms with Gasteiger partial charge in [-0.1, -0.05) is 12.2 Å². The van der Waals surface area contributed by atoms with Crippen LogP contribution >= 0.6 is 0 Å². The molecular weight excluding hydrogens is 250 g/mol. The Hall–Kier alpha value is -2.17. The third-order valence-corrected chi connectivity index (χ3v) is 2.36. The summed E-state index contributed by atoms with van der Waals surface area (Å²) in [6.07, 6.45) is 3.20. The predicted octanol–water partition coefficient (Wildman–Crippen LogP) is 2.58. The molecule has 0 fully saturated rings. The average molecular weight is 266 g/mol. The molecule has 3 nitrogen and oxygen atoms in total. The largest absolute Gasteiger partial charge is 0.376 e. The number of anilines is 1. The van der Waals surface area contributed by atoms with Crippen molar-refractivity contribution in [1.82, 2.24) is 4.90 Å². The van der Waals surface area contributed by atoms with Crippen molar-refractivity contribution in [3.05, 3.63) is 55.1 Å². The first-order valence-corrected chi connectivity index (χ1v) is 5.76. The van der Waals surface area contributed by atoms with Crippen LogP contribution in [-0.4, -0.2) is 30.4 Å². The lowest BCUT2D eigenvalue weighted by atomic mass is 10.3. The number of carbonyl (C=O) groups is 1. The van der Waals surface area contributed by atoms with Gasteiger partial charge in [0, 0.05) is 24.8 Å². The number of hydrogen-bond acceptors (Lipinski definition) is 2. The molecule has 0 saturated heterocycles. The topological polar surface area (TPSA) is 32.3 Å². The molecule has 0 unspecified atom stereocenters. The first kappa shape index (κ1) is 14.9. The Morgan fingerprint density at radius 2 is 1.68 bits per heavy atom. The van der Waals surface area contributed by atoms with Gasteiger partial charge >= 0.3 is 0 Å². The van der Waals surface area contributed by atoms with Crippen LogP contribution in [0.25, 0.3) is 0 Å². The van der Waals surface area contributed by atoms with E-state index in [0.717, 1.165) is 18.2 Å². The highest BCUT2D eigenvalue weighted by atomic mass is 19.1. The van der Waals surface area contributed by atoms with E-state index >= 15 is 0 Å². The SMILES string of the molecule is C=CCN(CC=C)C(=O)CNc1cc(F)cc(F)c1.